The van der Waals surface area contributed by atoms with E-state index in [0.717, 1.165) is 43.6 Å². The molecular formula is C13H21N5. The molecule has 2 heterocycles. The fourth-order valence-electron chi connectivity index (χ4n) is 2.41. The van der Waals surface area contributed by atoms with Crippen molar-refractivity contribution >= 4 is 5.95 Å². The Morgan fingerprint density at radius 3 is 2.33 bits per heavy atom. The Labute approximate surface area is 108 Å². The van der Waals surface area contributed by atoms with E-state index >= 15 is 0 Å². The molecule has 5 heteroatoms. The molecule has 0 bridgehead atoms. The van der Waals surface area contributed by atoms with Crippen molar-refractivity contribution in [1.29, 1.82) is 0 Å². The van der Waals surface area contributed by atoms with Gasteiger partial charge in [0, 0.05) is 57.2 Å². The highest BCUT2D eigenvalue weighted by Gasteiger charge is 2.26. The molecule has 1 aromatic rings. The van der Waals surface area contributed by atoms with Gasteiger partial charge in [0.2, 0.25) is 5.95 Å². The van der Waals surface area contributed by atoms with Gasteiger partial charge in [0.25, 0.3) is 0 Å². The van der Waals surface area contributed by atoms with Gasteiger partial charge in [0.05, 0.1) is 0 Å². The van der Waals surface area contributed by atoms with E-state index < -0.39 is 0 Å². The fraction of sp³-hybridized carbons (Fsp3) is 0.692. The van der Waals surface area contributed by atoms with E-state index in [4.69, 9.17) is 5.73 Å². The quantitative estimate of drug-likeness (QED) is 0.838. The van der Waals surface area contributed by atoms with Gasteiger partial charge in [-0.3, -0.25) is 4.90 Å². The summed E-state index contributed by atoms with van der Waals surface area (Å²) in [6.45, 7) is 6.15. The van der Waals surface area contributed by atoms with E-state index in [9.17, 15) is 0 Å². The molecule has 0 spiro atoms. The second kappa shape index (κ2) is 5.20. The number of hydrogen-bond acceptors (Lipinski definition) is 5. The molecule has 0 unspecified atom stereocenters. The highest BCUT2D eigenvalue weighted by atomic mass is 15.3. The van der Waals surface area contributed by atoms with E-state index in [1.807, 2.05) is 12.4 Å². The summed E-state index contributed by atoms with van der Waals surface area (Å²) in [5.41, 5.74) is 6.54. The summed E-state index contributed by atoms with van der Waals surface area (Å²) in [6.07, 6.45) is 6.53. The van der Waals surface area contributed by atoms with Crippen LogP contribution in [-0.2, 0) is 6.54 Å². The number of aromatic nitrogens is 2. The molecule has 1 aliphatic carbocycles. The number of rotatable bonds is 4. The van der Waals surface area contributed by atoms with E-state index in [1.165, 1.54) is 19.4 Å². The summed E-state index contributed by atoms with van der Waals surface area (Å²) in [4.78, 5) is 13.6. The minimum absolute atomic E-state index is 0.509. The summed E-state index contributed by atoms with van der Waals surface area (Å²) in [5, 5.41) is 0. The first-order chi connectivity index (χ1) is 8.85. The largest absolute Gasteiger partial charge is 0.338 e. The Morgan fingerprint density at radius 1 is 1.11 bits per heavy atom. The predicted molar refractivity (Wildman–Crippen MR) is 71.3 cm³/mol. The molecule has 0 radical (unpaired) electrons. The fourth-order valence-corrected chi connectivity index (χ4v) is 2.41. The highest BCUT2D eigenvalue weighted by molar-refractivity contribution is 5.30. The van der Waals surface area contributed by atoms with E-state index in [1.54, 1.807) is 0 Å². The van der Waals surface area contributed by atoms with E-state index in [0.29, 0.717) is 6.54 Å². The van der Waals surface area contributed by atoms with Crippen LogP contribution in [0.15, 0.2) is 12.4 Å². The summed E-state index contributed by atoms with van der Waals surface area (Å²) in [7, 11) is 0. The van der Waals surface area contributed by atoms with Gasteiger partial charge in [-0.25, -0.2) is 9.97 Å². The average Bonchev–Trinajstić information content (AvgIpc) is 3.24. The molecule has 1 saturated heterocycles. The van der Waals surface area contributed by atoms with Crippen molar-refractivity contribution in [2.24, 2.45) is 11.7 Å². The van der Waals surface area contributed by atoms with Crippen LogP contribution >= 0.6 is 0 Å². The second-order valence-electron chi connectivity index (χ2n) is 5.33. The van der Waals surface area contributed by atoms with Crippen LogP contribution < -0.4 is 10.6 Å². The molecule has 1 saturated carbocycles. The van der Waals surface area contributed by atoms with Crippen LogP contribution in [0.1, 0.15) is 18.4 Å². The molecule has 1 aromatic heterocycles. The van der Waals surface area contributed by atoms with Crippen LogP contribution in [0.25, 0.3) is 0 Å². The first-order valence-corrected chi connectivity index (χ1v) is 6.83. The van der Waals surface area contributed by atoms with Crippen LogP contribution in [-0.4, -0.2) is 47.6 Å². The van der Waals surface area contributed by atoms with Crippen molar-refractivity contribution in [2.45, 2.75) is 19.4 Å². The van der Waals surface area contributed by atoms with Crippen molar-refractivity contribution in [3.63, 3.8) is 0 Å². The van der Waals surface area contributed by atoms with Gasteiger partial charge in [-0.2, -0.15) is 0 Å². The Hall–Kier alpha value is -1.20. The van der Waals surface area contributed by atoms with Crippen molar-refractivity contribution < 1.29 is 0 Å². The van der Waals surface area contributed by atoms with Gasteiger partial charge in [-0.05, 0) is 18.8 Å². The first-order valence-electron chi connectivity index (χ1n) is 6.83. The molecule has 0 atom stereocenters. The molecule has 0 aromatic carbocycles. The molecule has 0 amide bonds. The number of nitrogens with zero attached hydrogens (tertiary/aromatic N) is 4. The third-order valence-corrected chi connectivity index (χ3v) is 3.80. The third kappa shape index (κ3) is 2.79. The van der Waals surface area contributed by atoms with Gasteiger partial charge in [0.1, 0.15) is 0 Å². The molecule has 5 nitrogen and oxygen atoms in total. The first kappa shape index (κ1) is 11.9. The molecule has 1 aliphatic heterocycles. The number of nitrogens with two attached hydrogens (primary N) is 1. The predicted octanol–water partition coefficient (Wildman–Crippen LogP) is 0.467. The van der Waals surface area contributed by atoms with Crippen LogP contribution in [0.4, 0.5) is 5.95 Å². The Kier molecular flexibility index (Phi) is 3.43. The number of hydrogen-bond donors (Lipinski definition) is 1. The second-order valence-corrected chi connectivity index (χ2v) is 5.33. The van der Waals surface area contributed by atoms with Gasteiger partial charge < -0.3 is 10.6 Å². The van der Waals surface area contributed by atoms with Crippen molar-refractivity contribution in [2.75, 3.05) is 37.6 Å². The zero-order valence-corrected chi connectivity index (χ0v) is 10.8. The van der Waals surface area contributed by atoms with Crippen LogP contribution in [0.5, 0.6) is 0 Å². The molecule has 18 heavy (non-hydrogen) atoms. The van der Waals surface area contributed by atoms with Gasteiger partial charge in [0.15, 0.2) is 0 Å². The molecular weight excluding hydrogens is 226 g/mol. The van der Waals surface area contributed by atoms with Crippen LogP contribution in [0.2, 0.25) is 0 Å². The Morgan fingerprint density at radius 2 is 1.78 bits per heavy atom. The summed E-state index contributed by atoms with van der Waals surface area (Å²) in [5.74, 6) is 1.83. The maximum atomic E-state index is 5.55. The SMILES string of the molecule is NCc1cnc(N2CCN(CC3CC3)CC2)nc1. The summed E-state index contributed by atoms with van der Waals surface area (Å²) in [6, 6.07) is 0. The van der Waals surface area contributed by atoms with Crippen molar-refractivity contribution in [1.82, 2.24) is 14.9 Å². The number of piperazine rings is 1. The van der Waals surface area contributed by atoms with E-state index in [-0.39, 0.29) is 0 Å². The topological polar surface area (TPSA) is 58.3 Å². The van der Waals surface area contributed by atoms with E-state index in [2.05, 4.69) is 19.8 Å². The molecule has 3 rings (SSSR count). The molecule has 2 N–H and O–H groups in total. The lowest BCUT2D eigenvalue weighted by molar-refractivity contribution is 0.247. The normalized spacial score (nSPS) is 21.3. The zero-order valence-electron chi connectivity index (χ0n) is 10.8. The van der Waals surface area contributed by atoms with Crippen LogP contribution in [0.3, 0.4) is 0 Å². The lowest BCUT2D eigenvalue weighted by Crippen LogP contribution is -2.47. The maximum Gasteiger partial charge on any atom is 0.225 e. The standard InChI is InChI=1S/C13H21N5/c14-7-12-8-15-13(16-9-12)18-5-3-17(4-6-18)10-11-1-2-11/h8-9,11H,1-7,10,14H2. The lowest BCUT2D eigenvalue weighted by atomic mass is 10.3. The summed E-state index contributed by atoms with van der Waals surface area (Å²) >= 11 is 0. The van der Waals surface area contributed by atoms with Crippen LogP contribution in [0, 0.1) is 5.92 Å². The monoisotopic (exact) mass is 247 g/mol. The van der Waals surface area contributed by atoms with Crippen molar-refractivity contribution in [3.05, 3.63) is 18.0 Å². The molecule has 98 valence electrons. The van der Waals surface area contributed by atoms with Crippen molar-refractivity contribution in [3.8, 4) is 0 Å². The Bertz CT molecular complexity index is 379. The zero-order chi connectivity index (χ0) is 12.4. The average molecular weight is 247 g/mol. The molecule has 2 aliphatic rings. The number of anilines is 1. The highest BCUT2D eigenvalue weighted by Crippen LogP contribution is 2.30. The van der Waals surface area contributed by atoms with Gasteiger partial charge >= 0.3 is 0 Å². The van der Waals surface area contributed by atoms with Gasteiger partial charge in [-0.15, -0.1) is 0 Å². The summed E-state index contributed by atoms with van der Waals surface area (Å²) < 4.78 is 0. The van der Waals surface area contributed by atoms with Gasteiger partial charge in [-0.1, -0.05) is 0 Å². The maximum absolute atomic E-state index is 5.55. The minimum Gasteiger partial charge on any atom is -0.338 e. The minimum atomic E-state index is 0.509. The smallest absolute Gasteiger partial charge is 0.225 e. The Balaban J connectivity index is 1.54. The lowest BCUT2D eigenvalue weighted by Gasteiger charge is -2.34. The molecule has 2 fully saturated rings. The third-order valence-electron chi connectivity index (χ3n) is 3.80.